The molecule has 0 spiro atoms. The van der Waals surface area contributed by atoms with Gasteiger partial charge in [-0.3, -0.25) is 4.57 Å². The molecule has 0 aromatic carbocycles. The summed E-state index contributed by atoms with van der Waals surface area (Å²) in [4.78, 5) is 10.8. The highest BCUT2D eigenvalue weighted by molar-refractivity contribution is 7.71. The molecule has 6 N–H and O–H groups in total. The molecule has 4 atom stereocenters. The lowest BCUT2D eigenvalue weighted by Crippen LogP contribution is -2.33. The van der Waals surface area contributed by atoms with Crippen LogP contribution in [0.2, 0.25) is 0 Å². The van der Waals surface area contributed by atoms with E-state index in [1.807, 2.05) is 0 Å². The number of hydrogen-bond donors (Lipinski definition) is 5. The van der Waals surface area contributed by atoms with Crippen LogP contribution >= 0.6 is 12.2 Å². The smallest absolute Gasteiger partial charge is 0.200 e. The van der Waals surface area contributed by atoms with E-state index in [0.717, 1.165) is 0 Å². The van der Waals surface area contributed by atoms with Crippen molar-refractivity contribution in [3.05, 3.63) is 11.0 Å². The number of nitrogens with one attached hydrogen (secondary N) is 1. The standard InChI is InChI=1S/C10H13N5O4S/c11-10-13-7-4(8(20)14-10)12-2-15(7)9-6(18)5(17)3(1-16)19-9/h2-3,5-6,9,16-18H,1H2,(H3,11,13,14,20)/t3-,5-,6-,9+/m0/s1. The number of nitrogens with zero attached hydrogens (tertiary/aromatic N) is 3. The summed E-state index contributed by atoms with van der Waals surface area (Å²) >= 11 is 5.08. The van der Waals surface area contributed by atoms with Gasteiger partial charge in [-0.2, -0.15) is 4.98 Å². The fourth-order valence-electron chi connectivity index (χ4n) is 2.24. The number of hydrogen-bond acceptors (Lipinski definition) is 8. The van der Waals surface area contributed by atoms with E-state index in [9.17, 15) is 10.2 Å². The van der Waals surface area contributed by atoms with Crippen molar-refractivity contribution in [2.24, 2.45) is 0 Å². The first-order chi connectivity index (χ1) is 9.52. The topological polar surface area (TPSA) is 142 Å². The molecule has 1 aliphatic heterocycles. The number of imidazole rings is 1. The van der Waals surface area contributed by atoms with Crippen molar-refractivity contribution in [2.75, 3.05) is 12.3 Å². The van der Waals surface area contributed by atoms with E-state index in [0.29, 0.717) is 15.8 Å². The lowest BCUT2D eigenvalue weighted by atomic mass is 10.1. The molecule has 1 saturated heterocycles. The number of aromatic nitrogens is 4. The van der Waals surface area contributed by atoms with Gasteiger partial charge in [-0.05, 0) is 0 Å². The third-order valence-corrected chi connectivity index (χ3v) is 3.54. The van der Waals surface area contributed by atoms with Crippen LogP contribution in [0.25, 0.3) is 11.2 Å². The average Bonchev–Trinajstić information content (AvgIpc) is 2.93. The molecule has 108 valence electrons. The Morgan fingerprint density at radius 2 is 2.20 bits per heavy atom. The van der Waals surface area contributed by atoms with Gasteiger partial charge in [0.05, 0.1) is 12.9 Å². The predicted octanol–water partition coefficient (Wildman–Crippen LogP) is -1.32. The zero-order chi connectivity index (χ0) is 14.4. The molecule has 0 aliphatic carbocycles. The number of fused-ring (bicyclic) bond motifs is 1. The number of aromatic amines is 1. The first-order valence-electron chi connectivity index (χ1n) is 5.87. The average molecular weight is 299 g/mol. The highest BCUT2D eigenvalue weighted by Gasteiger charge is 2.43. The van der Waals surface area contributed by atoms with Crippen molar-refractivity contribution in [3.8, 4) is 0 Å². The fraction of sp³-hybridized carbons (Fsp3) is 0.500. The van der Waals surface area contributed by atoms with Crippen LogP contribution in [0.5, 0.6) is 0 Å². The molecule has 0 saturated carbocycles. The molecule has 3 rings (SSSR count). The van der Waals surface area contributed by atoms with Crippen LogP contribution in [0.1, 0.15) is 6.23 Å². The van der Waals surface area contributed by atoms with E-state index < -0.39 is 31.1 Å². The Morgan fingerprint density at radius 1 is 1.45 bits per heavy atom. The molecule has 0 amide bonds. The van der Waals surface area contributed by atoms with Crippen molar-refractivity contribution < 1.29 is 20.1 Å². The maximum Gasteiger partial charge on any atom is 0.200 e. The molecule has 0 bridgehead atoms. The normalized spacial score (nSPS) is 30.1. The number of nitrogens with two attached hydrogens (primary N) is 1. The number of nitrogen functional groups attached to an aromatic ring is 1. The molecule has 10 heteroatoms. The first kappa shape index (κ1) is 13.4. The maximum atomic E-state index is 10.0. The zero-order valence-corrected chi connectivity index (χ0v) is 11.0. The first-order valence-corrected chi connectivity index (χ1v) is 6.28. The van der Waals surface area contributed by atoms with Crippen LogP contribution in [-0.4, -0.2) is 59.8 Å². The fourth-order valence-corrected chi connectivity index (χ4v) is 2.49. The van der Waals surface area contributed by atoms with Gasteiger partial charge < -0.3 is 30.8 Å². The van der Waals surface area contributed by atoms with Crippen LogP contribution in [0.4, 0.5) is 5.95 Å². The number of ether oxygens (including phenoxy) is 1. The van der Waals surface area contributed by atoms with Gasteiger partial charge in [-0.25, -0.2) is 4.98 Å². The molecule has 2 aromatic heterocycles. The quantitative estimate of drug-likeness (QED) is 0.430. The minimum absolute atomic E-state index is 0.107. The Kier molecular flexibility index (Phi) is 3.18. The molecule has 9 nitrogen and oxygen atoms in total. The number of anilines is 1. The summed E-state index contributed by atoms with van der Waals surface area (Å²) in [5, 5.41) is 28.9. The molecule has 3 heterocycles. The molecule has 0 unspecified atom stereocenters. The van der Waals surface area contributed by atoms with Crippen LogP contribution in [0.15, 0.2) is 6.33 Å². The van der Waals surface area contributed by atoms with Gasteiger partial charge in [0, 0.05) is 0 Å². The van der Waals surface area contributed by atoms with Gasteiger partial charge in [0.1, 0.15) is 28.5 Å². The third kappa shape index (κ3) is 1.89. The second-order valence-electron chi connectivity index (χ2n) is 4.50. The van der Waals surface area contributed by atoms with E-state index >= 15 is 0 Å². The van der Waals surface area contributed by atoms with Crippen LogP contribution in [-0.2, 0) is 4.74 Å². The largest absolute Gasteiger partial charge is 0.394 e. The van der Waals surface area contributed by atoms with E-state index in [4.69, 9.17) is 27.8 Å². The lowest BCUT2D eigenvalue weighted by Gasteiger charge is -2.16. The summed E-state index contributed by atoms with van der Waals surface area (Å²) < 4.78 is 7.16. The molecule has 1 aliphatic rings. The van der Waals surface area contributed by atoms with Gasteiger partial charge in [0.2, 0.25) is 5.95 Å². The number of rotatable bonds is 2. The zero-order valence-electron chi connectivity index (χ0n) is 10.2. The van der Waals surface area contributed by atoms with Crippen molar-refractivity contribution >= 4 is 29.3 Å². The van der Waals surface area contributed by atoms with E-state index in [1.165, 1.54) is 10.9 Å². The van der Waals surface area contributed by atoms with Gasteiger partial charge in [-0.15, -0.1) is 0 Å². The van der Waals surface area contributed by atoms with Crippen molar-refractivity contribution in [2.45, 2.75) is 24.5 Å². The van der Waals surface area contributed by atoms with Gasteiger partial charge >= 0.3 is 0 Å². The SMILES string of the molecule is Nc1nc2c(ncn2[C@@H]2O[C@@H](CO)[C@H](O)[C@@H]2O)c(=S)[nH]1. The Hall–Kier alpha value is -1.59. The summed E-state index contributed by atoms with van der Waals surface area (Å²) in [7, 11) is 0. The molecule has 1 fully saturated rings. The highest BCUT2D eigenvalue weighted by atomic mass is 32.1. The molecule has 2 aromatic rings. The third-order valence-electron chi connectivity index (χ3n) is 3.24. The summed E-state index contributed by atoms with van der Waals surface area (Å²) in [6.45, 7) is -0.406. The lowest BCUT2D eigenvalue weighted by molar-refractivity contribution is -0.0511. The molecular formula is C10H13N5O4S. The minimum Gasteiger partial charge on any atom is -0.394 e. The molecule has 20 heavy (non-hydrogen) atoms. The minimum atomic E-state index is -1.22. The van der Waals surface area contributed by atoms with Gasteiger partial charge in [-0.1, -0.05) is 12.2 Å². The Labute approximate surface area is 117 Å². The summed E-state index contributed by atoms with van der Waals surface area (Å²) in [6, 6.07) is 0. The Bertz CT molecular complexity index is 701. The molecular weight excluding hydrogens is 286 g/mol. The second-order valence-corrected chi connectivity index (χ2v) is 4.91. The Morgan fingerprint density at radius 3 is 2.85 bits per heavy atom. The van der Waals surface area contributed by atoms with Crippen LogP contribution < -0.4 is 5.73 Å². The van der Waals surface area contributed by atoms with Gasteiger partial charge in [0.25, 0.3) is 0 Å². The number of aliphatic hydroxyl groups excluding tert-OH is 3. The van der Waals surface area contributed by atoms with Crippen LogP contribution in [0.3, 0.4) is 0 Å². The highest BCUT2D eigenvalue weighted by Crippen LogP contribution is 2.31. The Balaban J connectivity index is 2.09. The number of aliphatic hydroxyl groups is 3. The summed E-state index contributed by atoms with van der Waals surface area (Å²) in [5.74, 6) is 0.107. The van der Waals surface area contributed by atoms with E-state index in [2.05, 4.69) is 15.0 Å². The van der Waals surface area contributed by atoms with E-state index in [-0.39, 0.29) is 5.95 Å². The second kappa shape index (κ2) is 4.75. The number of H-pyrrole nitrogens is 1. The monoisotopic (exact) mass is 299 g/mol. The van der Waals surface area contributed by atoms with Crippen molar-refractivity contribution in [1.29, 1.82) is 0 Å². The molecule has 0 radical (unpaired) electrons. The summed E-state index contributed by atoms with van der Waals surface area (Å²) in [6.07, 6.45) is -2.82. The van der Waals surface area contributed by atoms with Crippen molar-refractivity contribution in [1.82, 2.24) is 19.5 Å². The van der Waals surface area contributed by atoms with Gasteiger partial charge in [0.15, 0.2) is 11.9 Å². The maximum absolute atomic E-state index is 10.0. The van der Waals surface area contributed by atoms with E-state index in [1.54, 1.807) is 0 Å². The summed E-state index contributed by atoms with van der Waals surface area (Å²) in [5.41, 5.74) is 6.34. The van der Waals surface area contributed by atoms with Crippen molar-refractivity contribution in [3.63, 3.8) is 0 Å². The van der Waals surface area contributed by atoms with Crippen LogP contribution in [0, 0.1) is 4.64 Å². The predicted molar refractivity (Wildman–Crippen MR) is 70.1 cm³/mol.